The normalized spacial score (nSPS) is 24.0. The Morgan fingerprint density at radius 1 is 1.12 bits per heavy atom. The number of ether oxygens (including phenoxy) is 1. The molecule has 0 radical (unpaired) electrons. The number of aliphatic hydroxyl groups excluding tert-OH is 1. The molecule has 2 saturated heterocycles. The summed E-state index contributed by atoms with van der Waals surface area (Å²) in [5.41, 5.74) is 1.91. The highest BCUT2D eigenvalue weighted by Crippen LogP contribution is 2.42. The van der Waals surface area contributed by atoms with Crippen LogP contribution >= 0.6 is 0 Å². The van der Waals surface area contributed by atoms with Crippen LogP contribution in [0.2, 0.25) is 0 Å². The molecule has 0 unspecified atom stereocenters. The van der Waals surface area contributed by atoms with E-state index in [-0.39, 0.29) is 36.0 Å². The molecule has 2 aliphatic heterocycles. The molecule has 4 rings (SSSR count). The number of nitrogens with zero attached hydrogens (tertiary/aromatic N) is 2. The van der Waals surface area contributed by atoms with Gasteiger partial charge in [0.05, 0.1) is 6.61 Å². The zero-order chi connectivity index (χ0) is 23.4. The number of aliphatic hydroxyl groups is 1. The van der Waals surface area contributed by atoms with Crippen molar-refractivity contribution in [1.82, 2.24) is 9.21 Å². The Hall–Kier alpha value is -2.28. The topological polar surface area (TPSA) is 70.1 Å². The summed E-state index contributed by atoms with van der Waals surface area (Å²) in [6, 6.07) is 13.2. The standard InChI is InChI=1S/C25H29FN2O4S/c1-32-16-6-7-19-10-12-20(13-11-19)25-22-17-27(14-4-5-15-28(22)23(25)18-29)33(30,31)24-9-3-2-8-21(24)26/h2-3,8-13,22-23,25,29H,4-5,14-18H2,1H3/t22-,23-,25-/m1/s1. The lowest BCUT2D eigenvalue weighted by molar-refractivity contribution is -0.0554. The van der Waals surface area contributed by atoms with Crippen LogP contribution in [0.5, 0.6) is 0 Å². The van der Waals surface area contributed by atoms with E-state index in [4.69, 9.17) is 4.74 Å². The van der Waals surface area contributed by atoms with Gasteiger partial charge in [0.1, 0.15) is 17.3 Å². The number of halogens is 1. The average Bonchev–Trinajstić information content (AvgIpc) is 2.79. The molecule has 8 heteroatoms. The molecule has 2 fully saturated rings. The number of hydrogen-bond donors (Lipinski definition) is 1. The van der Waals surface area contributed by atoms with E-state index in [9.17, 15) is 17.9 Å². The minimum Gasteiger partial charge on any atom is -0.395 e. The first-order valence-corrected chi connectivity index (χ1v) is 12.6. The second-order valence-corrected chi connectivity index (χ2v) is 10.3. The van der Waals surface area contributed by atoms with Gasteiger partial charge in [-0.15, -0.1) is 0 Å². The van der Waals surface area contributed by atoms with Gasteiger partial charge < -0.3 is 9.84 Å². The fourth-order valence-corrected chi connectivity index (χ4v) is 6.48. The van der Waals surface area contributed by atoms with E-state index in [0.29, 0.717) is 19.6 Å². The van der Waals surface area contributed by atoms with Gasteiger partial charge in [0, 0.05) is 43.8 Å². The second-order valence-electron chi connectivity index (χ2n) is 8.44. The molecule has 2 heterocycles. The van der Waals surface area contributed by atoms with Gasteiger partial charge >= 0.3 is 0 Å². The van der Waals surface area contributed by atoms with Crippen molar-refractivity contribution >= 4 is 10.0 Å². The van der Waals surface area contributed by atoms with E-state index in [2.05, 4.69) is 16.7 Å². The third-order valence-corrected chi connectivity index (χ3v) is 8.43. The van der Waals surface area contributed by atoms with Gasteiger partial charge in [-0.3, -0.25) is 4.90 Å². The summed E-state index contributed by atoms with van der Waals surface area (Å²) in [5, 5.41) is 10.1. The molecule has 0 aromatic heterocycles. The highest BCUT2D eigenvalue weighted by molar-refractivity contribution is 7.89. The Bertz CT molecular complexity index is 1130. The van der Waals surface area contributed by atoms with Crippen molar-refractivity contribution in [2.45, 2.75) is 35.7 Å². The van der Waals surface area contributed by atoms with Crippen molar-refractivity contribution < 1.29 is 22.7 Å². The van der Waals surface area contributed by atoms with Crippen LogP contribution in [-0.4, -0.2) is 74.8 Å². The van der Waals surface area contributed by atoms with Crippen molar-refractivity contribution in [3.63, 3.8) is 0 Å². The molecule has 2 aromatic rings. The number of sulfonamides is 1. The first kappa shape index (κ1) is 23.9. The maximum atomic E-state index is 14.3. The van der Waals surface area contributed by atoms with Crippen molar-refractivity contribution in [2.24, 2.45) is 0 Å². The quantitative estimate of drug-likeness (QED) is 0.677. The van der Waals surface area contributed by atoms with E-state index in [0.717, 1.165) is 24.1 Å². The van der Waals surface area contributed by atoms with Gasteiger partial charge in [0.2, 0.25) is 10.0 Å². The summed E-state index contributed by atoms with van der Waals surface area (Å²) in [7, 11) is -2.37. The summed E-state index contributed by atoms with van der Waals surface area (Å²) >= 11 is 0. The molecule has 3 atom stereocenters. The van der Waals surface area contributed by atoms with Gasteiger partial charge in [-0.05, 0) is 49.2 Å². The van der Waals surface area contributed by atoms with Gasteiger partial charge in [0.15, 0.2) is 0 Å². The minimum absolute atomic E-state index is 0.00335. The van der Waals surface area contributed by atoms with E-state index in [1.54, 1.807) is 7.11 Å². The summed E-state index contributed by atoms with van der Waals surface area (Å²) in [4.78, 5) is 1.91. The van der Waals surface area contributed by atoms with E-state index in [1.165, 1.54) is 28.6 Å². The highest BCUT2D eigenvalue weighted by atomic mass is 32.2. The SMILES string of the molecule is COCC#Cc1ccc([C@H]2[C@@H](CO)N3CCCCN(S(=O)(=O)c4ccccc4F)C[C@H]23)cc1. The zero-order valence-corrected chi connectivity index (χ0v) is 19.5. The first-order valence-electron chi connectivity index (χ1n) is 11.2. The van der Waals surface area contributed by atoms with Crippen LogP contribution in [-0.2, 0) is 14.8 Å². The van der Waals surface area contributed by atoms with Crippen LogP contribution < -0.4 is 0 Å². The third-order valence-electron chi connectivity index (χ3n) is 6.53. The third kappa shape index (κ3) is 4.84. The fourth-order valence-electron chi connectivity index (χ4n) is 4.92. The minimum atomic E-state index is -3.97. The Kier molecular flexibility index (Phi) is 7.47. The van der Waals surface area contributed by atoms with Crippen molar-refractivity contribution in [2.75, 3.05) is 40.0 Å². The van der Waals surface area contributed by atoms with Crippen LogP contribution in [0.15, 0.2) is 53.4 Å². The Labute approximate surface area is 195 Å². The Morgan fingerprint density at radius 3 is 2.55 bits per heavy atom. The van der Waals surface area contributed by atoms with Gasteiger partial charge in [-0.25, -0.2) is 12.8 Å². The van der Waals surface area contributed by atoms with E-state index in [1.807, 2.05) is 24.3 Å². The van der Waals surface area contributed by atoms with Crippen LogP contribution in [0.25, 0.3) is 0 Å². The lowest BCUT2D eigenvalue weighted by atomic mass is 9.74. The number of methoxy groups -OCH3 is 1. The summed E-state index contributed by atoms with van der Waals surface area (Å²) in [6.07, 6.45) is 1.51. The lowest BCUT2D eigenvalue weighted by Crippen LogP contribution is -2.67. The Balaban J connectivity index is 1.60. The molecule has 0 aliphatic carbocycles. The number of hydrogen-bond acceptors (Lipinski definition) is 5. The van der Waals surface area contributed by atoms with Crippen LogP contribution in [0.1, 0.15) is 29.9 Å². The summed E-state index contributed by atoms with van der Waals surface area (Å²) in [5.74, 6) is 5.21. The molecule has 2 aliphatic rings. The monoisotopic (exact) mass is 472 g/mol. The molecule has 0 amide bonds. The lowest BCUT2D eigenvalue weighted by Gasteiger charge is -2.57. The number of benzene rings is 2. The predicted molar refractivity (Wildman–Crippen MR) is 124 cm³/mol. The Morgan fingerprint density at radius 2 is 1.85 bits per heavy atom. The largest absolute Gasteiger partial charge is 0.395 e. The molecule has 6 nitrogen and oxygen atoms in total. The van der Waals surface area contributed by atoms with Gasteiger partial charge in [0.25, 0.3) is 0 Å². The molecular weight excluding hydrogens is 443 g/mol. The van der Waals surface area contributed by atoms with Gasteiger partial charge in [-0.1, -0.05) is 36.1 Å². The highest BCUT2D eigenvalue weighted by Gasteiger charge is 2.50. The van der Waals surface area contributed by atoms with Crippen molar-refractivity contribution in [3.8, 4) is 11.8 Å². The fraction of sp³-hybridized carbons (Fsp3) is 0.440. The zero-order valence-electron chi connectivity index (χ0n) is 18.7. The molecule has 0 saturated carbocycles. The maximum absolute atomic E-state index is 14.3. The first-order chi connectivity index (χ1) is 16.0. The maximum Gasteiger partial charge on any atom is 0.246 e. The van der Waals surface area contributed by atoms with Crippen LogP contribution in [0.4, 0.5) is 4.39 Å². The number of fused-ring (bicyclic) bond motifs is 1. The van der Waals surface area contributed by atoms with Crippen LogP contribution in [0, 0.1) is 17.7 Å². The molecule has 2 aromatic carbocycles. The van der Waals surface area contributed by atoms with Crippen LogP contribution in [0.3, 0.4) is 0 Å². The number of rotatable bonds is 5. The van der Waals surface area contributed by atoms with Gasteiger partial charge in [-0.2, -0.15) is 4.31 Å². The van der Waals surface area contributed by atoms with Crippen molar-refractivity contribution in [3.05, 3.63) is 65.5 Å². The molecule has 1 N–H and O–H groups in total. The molecular formula is C25H29FN2O4S. The average molecular weight is 473 g/mol. The molecule has 33 heavy (non-hydrogen) atoms. The predicted octanol–water partition coefficient (Wildman–Crippen LogP) is 2.44. The molecule has 0 spiro atoms. The van der Waals surface area contributed by atoms with E-state index >= 15 is 0 Å². The molecule has 176 valence electrons. The second kappa shape index (κ2) is 10.3. The van der Waals surface area contributed by atoms with Crippen molar-refractivity contribution in [1.29, 1.82) is 0 Å². The smallest absolute Gasteiger partial charge is 0.246 e. The summed E-state index contributed by atoms with van der Waals surface area (Å²) < 4.78 is 47.3. The summed E-state index contributed by atoms with van der Waals surface area (Å²) in [6.45, 7) is 1.77. The molecule has 0 bridgehead atoms. The van der Waals surface area contributed by atoms with E-state index < -0.39 is 15.8 Å².